The van der Waals surface area contributed by atoms with Gasteiger partial charge < -0.3 is 14.4 Å². The van der Waals surface area contributed by atoms with Crippen molar-refractivity contribution in [3.63, 3.8) is 0 Å². The molecule has 0 radical (unpaired) electrons. The average Bonchev–Trinajstić information content (AvgIpc) is 2.17. The molecule has 4 heteroatoms. The van der Waals surface area contributed by atoms with Gasteiger partial charge in [-0.25, -0.2) is 4.79 Å². The van der Waals surface area contributed by atoms with Gasteiger partial charge in [0, 0.05) is 13.6 Å². The molecule has 1 rings (SSSR count). The Morgan fingerprint density at radius 3 is 2.44 bits per heavy atom. The molecule has 1 amide bonds. The molecule has 1 aliphatic carbocycles. The van der Waals surface area contributed by atoms with E-state index in [-0.39, 0.29) is 12.2 Å². The van der Waals surface area contributed by atoms with Gasteiger partial charge >= 0.3 is 6.09 Å². The maximum Gasteiger partial charge on any atom is 0.410 e. The summed E-state index contributed by atoms with van der Waals surface area (Å²) in [7, 11) is 1.77. The highest BCUT2D eigenvalue weighted by Crippen LogP contribution is 2.23. The Hall–Kier alpha value is -0.770. The second-order valence-electron chi connectivity index (χ2n) is 6.19. The summed E-state index contributed by atoms with van der Waals surface area (Å²) in [6.07, 6.45) is 4.91. The van der Waals surface area contributed by atoms with Crippen LogP contribution in [0.2, 0.25) is 0 Å². The fourth-order valence-corrected chi connectivity index (χ4v) is 1.71. The molecule has 4 nitrogen and oxygen atoms in total. The van der Waals surface area contributed by atoms with E-state index in [1.165, 1.54) is 19.3 Å². The zero-order valence-electron chi connectivity index (χ0n) is 12.4. The first kappa shape index (κ1) is 15.3. The van der Waals surface area contributed by atoms with Crippen LogP contribution in [0.4, 0.5) is 4.79 Å². The number of nitrogens with zero attached hydrogens (tertiary/aromatic N) is 1. The molecule has 0 spiro atoms. The lowest BCUT2D eigenvalue weighted by atomic mass is 9.96. The van der Waals surface area contributed by atoms with Crippen molar-refractivity contribution in [2.24, 2.45) is 0 Å². The second-order valence-corrected chi connectivity index (χ2v) is 6.19. The van der Waals surface area contributed by atoms with E-state index in [4.69, 9.17) is 9.47 Å². The molecule has 0 bridgehead atoms. The van der Waals surface area contributed by atoms with Crippen LogP contribution in [0.3, 0.4) is 0 Å². The van der Waals surface area contributed by atoms with Crippen LogP contribution in [0.1, 0.15) is 53.4 Å². The normalized spacial score (nSPS) is 18.1. The molecule has 0 saturated heterocycles. The quantitative estimate of drug-likeness (QED) is 0.759. The number of rotatable bonds is 5. The minimum absolute atomic E-state index is 0.209. The van der Waals surface area contributed by atoms with Crippen molar-refractivity contribution in [1.82, 2.24) is 4.90 Å². The molecule has 0 heterocycles. The van der Waals surface area contributed by atoms with Gasteiger partial charge in [-0.05, 0) is 53.4 Å². The van der Waals surface area contributed by atoms with Crippen LogP contribution >= 0.6 is 0 Å². The Morgan fingerprint density at radius 2 is 2.00 bits per heavy atom. The van der Waals surface area contributed by atoms with Crippen LogP contribution in [-0.4, -0.2) is 42.4 Å². The number of ether oxygens (including phenoxy) is 2. The third kappa shape index (κ3) is 5.71. The van der Waals surface area contributed by atoms with Crippen LogP contribution < -0.4 is 0 Å². The Bertz CT molecular complexity index is 269. The first-order valence-electron chi connectivity index (χ1n) is 6.87. The van der Waals surface area contributed by atoms with E-state index in [0.29, 0.717) is 12.6 Å². The van der Waals surface area contributed by atoms with Crippen LogP contribution in [-0.2, 0) is 9.47 Å². The largest absolute Gasteiger partial charge is 0.444 e. The lowest BCUT2D eigenvalue weighted by molar-refractivity contribution is -0.0485. The van der Waals surface area contributed by atoms with Crippen molar-refractivity contribution in [1.29, 1.82) is 0 Å². The molecule has 0 aromatic heterocycles. The lowest BCUT2D eigenvalue weighted by Crippen LogP contribution is -2.36. The number of hydrogen-bond donors (Lipinski definition) is 0. The third-order valence-corrected chi connectivity index (χ3v) is 3.05. The minimum atomic E-state index is -0.431. The third-order valence-electron chi connectivity index (χ3n) is 3.05. The second kappa shape index (κ2) is 6.41. The van der Waals surface area contributed by atoms with E-state index in [0.717, 1.165) is 6.42 Å². The average molecular weight is 257 g/mol. The molecule has 1 aliphatic rings. The van der Waals surface area contributed by atoms with Gasteiger partial charge in [0.05, 0.1) is 12.2 Å². The van der Waals surface area contributed by atoms with Crippen molar-refractivity contribution in [2.75, 3.05) is 13.6 Å². The molecule has 1 fully saturated rings. The minimum Gasteiger partial charge on any atom is -0.444 e. The number of amides is 1. The zero-order chi connectivity index (χ0) is 13.8. The van der Waals surface area contributed by atoms with Crippen molar-refractivity contribution in [3.8, 4) is 0 Å². The summed E-state index contributed by atoms with van der Waals surface area (Å²) in [6.45, 7) is 8.37. The van der Waals surface area contributed by atoms with Crippen LogP contribution in [0, 0.1) is 0 Å². The maximum atomic E-state index is 11.7. The predicted octanol–water partition coefficient (Wildman–Crippen LogP) is 3.20. The van der Waals surface area contributed by atoms with E-state index in [9.17, 15) is 4.79 Å². The van der Waals surface area contributed by atoms with Gasteiger partial charge in [-0.15, -0.1) is 0 Å². The summed E-state index contributed by atoms with van der Waals surface area (Å²) < 4.78 is 11.1. The molecule has 1 unspecified atom stereocenters. The van der Waals surface area contributed by atoms with E-state index in [2.05, 4.69) is 6.92 Å². The standard InChI is InChI=1S/C14H27NO3/c1-11(17-12-7-6-8-12)9-10-15(5)13(16)18-14(2,3)4/h11-12H,6-10H2,1-5H3. The van der Waals surface area contributed by atoms with Crippen LogP contribution in [0.25, 0.3) is 0 Å². The highest BCUT2D eigenvalue weighted by atomic mass is 16.6. The molecule has 1 saturated carbocycles. The maximum absolute atomic E-state index is 11.7. The SMILES string of the molecule is CC(CCN(C)C(=O)OC(C)(C)C)OC1CCC1. The van der Waals surface area contributed by atoms with Gasteiger partial charge in [0.25, 0.3) is 0 Å². The summed E-state index contributed by atoms with van der Waals surface area (Å²) >= 11 is 0. The fourth-order valence-electron chi connectivity index (χ4n) is 1.71. The van der Waals surface area contributed by atoms with Crippen molar-refractivity contribution >= 4 is 6.09 Å². The van der Waals surface area contributed by atoms with Gasteiger partial charge in [-0.3, -0.25) is 0 Å². The van der Waals surface area contributed by atoms with Crippen molar-refractivity contribution in [3.05, 3.63) is 0 Å². The smallest absolute Gasteiger partial charge is 0.410 e. The zero-order valence-corrected chi connectivity index (χ0v) is 12.4. The molecule has 0 aliphatic heterocycles. The van der Waals surface area contributed by atoms with Gasteiger partial charge in [0.15, 0.2) is 0 Å². The van der Waals surface area contributed by atoms with Gasteiger partial charge in [-0.2, -0.15) is 0 Å². The number of carbonyl (C=O) groups is 1. The molecule has 18 heavy (non-hydrogen) atoms. The fraction of sp³-hybridized carbons (Fsp3) is 0.929. The highest BCUT2D eigenvalue weighted by Gasteiger charge is 2.22. The lowest BCUT2D eigenvalue weighted by Gasteiger charge is -2.30. The first-order valence-corrected chi connectivity index (χ1v) is 6.87. The molecule has 106 valence electrons. The number of hydrogen-bond acceptors (Lipinski definition) is 3. The van der Waals surface area contributed by atoms with Crippen LogP contribution in [0.15, 0.2) is 0 Å². The summed E-state index contributed by atoms with van der Waals surface area (Å²) in [5.74, 6) is 0. The van der Waals surface area contributed by atoms with E-state index >= 15 is 0 Å². The van der Waals surface area contributed by atoms with Crippen molar-refractivity contribution < 1.29 is 14.3 Å². The Morgan fingerprint density at radius 1 is 1.39 bits per heavy atom. The van der Waals surface area contributed by atoms with Gasteiger partial charge in [-0.1, -0.05) is 0 Å². The monoisotopic (exact) mass is 257 g/mol. The molecule has 0 aromatic carbocycles. The first-order chi connectivity index (χ1) is 8.28. The summed E-state index contributed by atoms with van der Waals surface area (Å²) in [5, 5.41) is 0. The summed E-state index contributed by atoms with van der Waals surface area (Å²) in [4.78, 5) is 13.3. The molecular weight excluding hydrogens is 230 g/mol. The molecule has 1 atom stereocenters. The Kier molecular flexibility index (Phi) is 5.45. The van der Waals surface area contributed by atoms with Crippen LogP contribution in [0.5, 0.6) is 0 Å². The molecular formula is C14H27NO3. The summed E-state index contributed by atoms with van der Waals surface area (Å²) in [6, 6.07) is 0. The predicted molar refractivity (Wildman–Crippen MR) is 71.7 cm³/mol. The molecule has 0 N–H and O–H groups in total. The number of carbonyl (C=O) groups excluding carboxylic acids is 1. The molecule has 0 aromatic rings. The van der Waals surface area contributed by atoms with Crippen molar-refractivity contribution in [2.45, 2.75) is 71.2 Å². The van der Waals surface area contributed by atoms with E-state index in [1.807, 2.05) is 20.8 Å². The van der Waals surface area contributed by atoms with E-state index < -0.39 is 5.60 Å². The summed E-state index contributed by atoms with van der Waals surface area (Å²) in [5.41, 5.74) is -0.431. The Balaban J connectivity index is 2.18. The van der Waals surface area contributed by atoms with E-state index in [1.54, 1.807) is 11.9 Å². The van der Waals surface area contributed by atoms with Gasteiger partial charge in [0.2, 0.25) is 0 Å². The Labute approximate surface area is 111 Å². The van der Waals surface area contributed by atoms with Gasteiger partial charge in [0.1, 0.15) is 5.60 Å². The topological polar surface area (TPSA) is 38.8 Å². The highest BCUT2D eigenvalue weighted by molar-refractivity contribution is 5.67.